The van der Waals surface area contributed by atoms with Crippen LogP contribution in [0.1, 0.15) is 39.0 Å². The molecular weight excluding hydrogens is 280 g/mol. The van der Waals surface area contributed by atoms with Crippen LogP contribution in [0.25, 0.3) is 0 Å². The van der Waals surface area contributed by atoms with E-state index >= 15 is 0 Å². The van der Waals surface area contributed by atoms with E-state index in [0.717, 1.165) is 19.3 Å². The zero-order valence-corrected chi connectivity index (χ0v) is 13.3. The largest absolute Gasteiger partial charge is 0.368 e. The van der Waals surface area contributed by atoms with Crippen molar-refractivity contribution in [3.05, 3.63) is 34.7 Å². The summed E-state index contributed by atoms with van der Waals surface area (Å²) in [5.74, 6) is 0.629. The van der Waals surface area contributed by atoms with Gasteiger partial charge in [-0.3, -0.25) is 9.59 Å². The van der Waals surface area contributed by atoms with Crippen molar-refractivity contribution < 1.29 is 9.53 Å². The second kappa shape index (κ2) is 8.73. The van der Waals surface area contributed by atoms with Gasteiger partial charge in [0, 0.05) is 25.4 Å². The second-order valence-corrected chi connectivity index (χ2v) is 6.14. The van der Waals surface area contributed by atoms with Crippen LogP contribution >= 0.6 is 0 Å². The predicted octanol–water partition coefficient (Wildman–Crippen LogP) is 1.95. The normalized spacial score (nSPS) is 21.5. The van der Waals surface area contributed by atoms with E-state index in [1.807, 2.05) is 6.07 Å². The summed E-state index contributed by atoms with van der Waals surface area (Å²) in [6.45, 7) is 3.55. The van der Waals surface area contributed by atoms with Crippen molar-refractivity contribution in [2.45, 2.75) is 51.7 Å². The molecule has 0 spiro atoms. The van der Waals surface area contributed by atoms with Gasteiger partial charge in [-0.05, 0) is 31.2 Å². The molecule has 1 aromatic rings. The fraction of sp³-hybridized carbons (Fsp3) is 0.647. The molecule has 0 aromatic carbocycles. The monoisotopic (exact) mass is 306 g/mol. The molecule has 0 aliphatic heterocycles. The van der Waals surface area contributed by atoms with Crippen molar-refractivity contribution in [3.8, 4) is 0 Å². The molecule has 1 N–H and O–H groups in total. The molecule has 2 rings (SSSR count). The van der Waals surface area contributed by atoms with Crippen molar-refractivity contribution in [2.24, 2.45) is 5.92 Å². The van der Waals surface area contributed by atoms with E-state index in [4.69, 9.17) is 4.74 Å². The van der Waals surface area contributed by atoms with Crippen LogP contribution in [0.5, 0.6) is 0 Å². The minimum Gasteiger partial charge on any atom is -0.368 e. The first kappa shape index (κ1) is 16.7. The number of pyridine rings is 1. The van der Waals surface area contributed by atoms with Gasteiger partial charge in [0.25, 0.3) is 0 Å². The lowest BCUT2D eigenvalue weighted by Crippen LogP contribution is -2.32. The third-order valence-electron chi connectivity index (χ3n) is 4.14. The van der Waals surface area contributed by atoms with Crippen LogP contribution in [-0.2, 0) is 16.1 Å². The Morgan fingerprint density at radius 2 is 2.27 bits per heavy atom. The maximum absolute atomic E-state index is 11.7. The van der Waals surface area contributed by atoms with Crippen molar-refractivity contribution in [3.63, 3.8) is 0 Å². The van der Waals surface area contributed by atoms with Crippen molar-refractivity contribution in [2.75, 3.05) is 13.2 Å². The molecule has 1 fully saturated rings. The van der Waals surface area contributed by atoms with Gasteiger partial charge in [-0.1, -0.05) is 25.8 Å². The topological polar surface area (TPSA) is 60.3 Å². The first-order chi connectivity index (χ1) is 10.6. The standard InChI is InChI=1S/C17H26N2O3/c1-14-6-4-7-15(12-14)22-13-16(20)18-9-5-11-19-10-3-2-8-17(19)21/h2-3,8,10,14-15H,4-7,9,11-13H2,1H3,(H,18,20)/t14-,15+/m1/s1. The molecule has 1 heterocycles. The van der Waals surface area contributed by atoms with Gasteiger partial charge >= 0.3 is 0 Å². The molecule has 1 amide bonds. The van der Waals surface area contributed by atoms with Gasteiger partial charge in [-0.25, -0.2) is 0 Å². The SMILES string of the molecule is C[C@@H]1CCC[C@H](OCC(=O)NCCCn2ccccc2=O)C1. The van der Waals surface area contributed by atoms with Gasteiger partial charge in [0.1, 0.15) is 6.61 Å². The van der Waals surface area contributed by atoms with E-state index in [0.29, 0.717) is 19.0 Å². The number of amides is 1. The van der Waals surface area contributed by atoms with Crippen molar-refractivity contribution in [1.82, 2.24) is 9.88 Å². The van der Waals surface area contributed by atoms with Crippen LogP contribution in [0.3, 0.4) is 0 Å². The van der Waals surface area contributed by atoms with Crippen LogP contribution < -0.4 is 10.9 Å². The third kappa shape index (κ3) is 5.64. The average Bonchev–Trinajstić information content (AvgIpc) is 2.51. The molecule has 5 heteroatoms. The fourth-order valence-electron chi connectivity index (χ4n) is 2.90. The number of nitrogens with zero attached hydrogens (tertiary/aromatic N) is 1. The van der Waals surface area contributed by atoms with Gasteiger partial charge in [0.15, 0.2) is 0 Å². The summed E-state index contributed by atoms with van der Waals surface area (Å²) in [4.78, 5) is 23.2. The Labute approximate surface area is 131 Å². The lowest BCUT2D eigenvalue weighted by molar-refractivity contribution is -0.128. The Morgan fingerprint density at radius 3 is 3.05 bits per heavy atom. The smallest absolute Gasteiger partial charge is 0.250 e. The van der Waals surface area contributed by atoms with Crippen LogP contribution in [0.4, 0.5) is 0 Å². The second-order valence-electron chi connectivity index (χ2n) is 6.14. The number of aromatic nitrogens is 1. The molecule has 2 atom stereocenters. The summed E-state index contributed by atoms with van der Waals surface area (Å²) in [6, 6.07) is 5.10. The van der Waals surface area contributed by atoms with Crippen LogP contribution in [0.15, 0.2) is 29.2 Å². The number of hydrogen-bond acceptors (Lipinski definition) is 3. The Hall–Kier alpha value is -1.62. The van der Waals surface area contributed by atoms with E-state index < -0.39 is 0 Å². The molecule has 1 aromatic heterocycles. The van der Waals surface area contributed by atoms with Crippen molar-refractivity contribution in [1.29, 1.82) is 0 Å². The van der Waals surface area contributed by atoms with Gasteiger partial charge in [0.2, 0.25) is 11.5 Å². The van der Waals surface area contributed by atoms with E-state index in [2.05, 4.69) is 12.2 Å². The highest BCUT2D eigenvalue weighted by atomic mass is 16.5. The van der Waals surface area contributed by atoms with E-state index in [1.54, 1.807) is 16.8 Å². The van der Waals surface area contributed by atoms with Crippen LogP contribution in [0, 0.1) is 5.92 Å². The van der Waals surface area contributed by atoms with E-state index in [9.17, 15) is 9.59 Å². The molecule has 0 radical (unpaired) electrons. The summed E-state index contributed by atoms with van der Waals surface area (Å²) in [5.41, 5.74) is -0.0106. The highest BCUT2D eigenvalue weighted by Crippen LogP contribution is 2.25. The molecular formula is C17H26N2O3. The molecule has 1 aliphatic rings. The highest BCUT2D eigenvalue weighted by molar-refractivity contribution is 5.77. The average molecular weight is 306 g/mol. The summed E-state index contributed by atoms with van der Waals surface area (Å²) in [5, 5.41) is 2.84. The number of carbonyl (C=O) groups is 1. The quantitative estimate of drug-likeness (QED) is 0.783. The highest BCUT2D eigenvalue weighted by Gasteiger charge is 2.19. The summed E-state index contributed by atoms with van der Waals surface area (Å²) < 4.78 is 7.33. The zero-order chi connectivity index (χ0) is 15.8. The Kier molecular flexibility index (Phi) is 6.65. The number of hydrogen-bond donors (Lipinski definition) is 1. The maximum Gasteiger partial charge on any atom is 0.250 e. The molecule has 5 nitrogen and oxygen atoms in total. The molecule has 0 unspecified atom stereocenters. The lowest BCUT2D eigenvalue weighted by atomic mass is 9.89. The number of ether oxygens (including phenoxy) is 1. The summed E-state index contributed by atoms with van der Waals surface area (Å²) in [7, 11) is 0. The zero-order valence-electron chi connectivity index (χ0n) is 13.3. The number of aryl methyl sites for hydroxylation is 1. The van der Waals surface area contributed by atoms with Crippen LogP contribution in [-0.4, -0.2) is 29.7 Å². The van der Waals surface area contributed by atoms with Gasteiger partial charge < -0.3 is 14.6 Å². The van der Waals surface area contributed by atoms with Crippen LogP contribution in [0.2, 0.25) is 0 Å². The summed E-state index contributed by atoms with van der Waals surface area (Å²) >= 11 is 0. The van der Waals surface area contributed by atoms with E-state index in [1.165, 1.54) is 18.9 Å². The molecule has 0 saturated heterocycles. The number of nitrogens with one attached hydrogen (secondary N) is 1. The Bertz CT molecular complexity index is 527. The van der Waals surface area contributed by atoms with Crippen molar-refractivity contribution >= 4 is 5.91 Å². The Balaban J connectivity index is 1.58. The fourth-order valence-corrected chi connectivity index (χ4v) is 2.90. The Morgan fingerprint density at radius 1 is 1.41 bits per heavy atom. The van der Waals surface area contributed by atoms with Gasteiger partial charge in [0.05, 0.1) is 6.10 Å². The molecule has 22 heavy (non-hydrogen) atoms. The first-order valence-corrected chi connectivity index (χ1v) is 8.19. The lowest BCUT2D eigenvalue weighted by Gasteiger charge is -2.26. The molecule has 1 aliphatic carbocycles. The maximum atomic E-state index is 11.7. The van der Waals surface area contributed by atoms with Gasteiger partial charge in [-0.15, -0.1) is 0 Å². The minimum absolute atomic E-state index is 0.0106. The van der Waals surface area contributed by atoms with Gasteiger partial charge in [-0.2, -0.15) is 0 Å². The molecule has 122 valence electrons. The molecule has 1 saturated carbocycles. The predicted molar refractivity (Wildman–Crippen MR) is 85.7 cm³/mol. The number of carbonyl (C=O) groups excluding carboxylic acids is 1. The minimum atomic E-state index is -0.0707. The first-order valence-electron chi connectivity index (χ1n) is 8.19. The van der Waals surface area contributed by atoms with E-state index in [-0.39, 0.29) is 24.2 Å². The number of rotatable bonds is 7. The summed E-state index contributed by atoms with van der Waals surface area (Å²) in [6.07, 6.45) is 7.31. The third-order valence-corrected chi connectivity index (χ3v) is 4.14. The molecule has 0 bridgehead atoms.